The van der Waals surface area contributed by atoms with Crippen LogP contribution >= 0.6 is 15.9 Å². The maximum Gasteiger partial charge on any atom is 0.175 e. The van der Waals surface area contributed by atoms with Gasteiger partial charge in [0.05, 0.1) is 18.2 Å². The third kappa shape index (κ3) is 3.10. The summed E-state index contributed by atoms with van der Waals surface area (Å²) in [6.45, 7) is 2.48. The van der Waals surface area contributed by atoms with Crippen LogP contribution in [0.3, 0.4) is 0 Å². The molecule has 4 heteroatoms. The van der Waals surface area contributed by atoms with Gasteiger partial charge >= 0.3 is 0 Å². The van der Waals surface area contributed by atoms with Crippen molar-refractivity contribution in [1.82, 2.24) is 0 Å². The third-order valence-corrected chi connectivity index (χ3v) is 2.50. The lowest BCUT2D eigenvalue weighted by Gasteiger charge is -2.12. The number of aldehydes is 1. The summed E-state index contributed by atoms with van der Waals surface area (Å²) in [6.07, 6.45) is 3.87. The topological polar surface area (TPSA) is 35.5 Å². The Kier molecular flexibility index (Phi) is 5.05. The molecule has 0 aliphatic heterocycles. The van der Waals surface area contributed by atoms with Crippen molar-refractivity contribution in [2.75, 3.05) is 13.7 Å². The first-order chi connectivity index (χ1) is 7.72. The molecule has 0 bridgehead atoms. The van der Waals surface area contributed by atoms with Crippen molar-refractivity contribution in [3.63, 3.8) is 0 Å². The molecule has 0 saturated heterocycles. The van der Waals surface area contributed by atoms with Gasteiger partial charge in [0.15, 0.2) is 11.5 Å². The van der Waals surface area contributed by atoms with Gasteiger partial charge in [0.25, 0.3) is 0 Å². The van der Waals surface area contributed by atoms with E-state index < -0.39 is 0 Å². The third-order valence-electron chi connectivity index (χ3n) is 1.91. The van der Waals surface area contributed by atoms with Crippen LogP contribution in [-0.4, -0.2) is 20.0 Å². The molecule has 0 spiro atoms. The van der Waals surface area contributed by atoms with Gasteiger partial charge < -0.3 is 9.47 Å². The van der Waals surface area contributed by atoms with E-state index in [1.807, 2.05) is 19.1 Å². The normalized spacial score (nSPS) is 10.4. The smallest absolute Gasteiger partial charge is 0.175 e. The largest absolute Gasteiger partial charge is 0.493 e. The number of hydrogen-bond acceptors (Lipinski definition) is 3. The number of allylic oxidation sites excluding steroid dienone is 1. The Morgan fingerprint density at radius 1 is 1.44 bits per heavy atom. The number of carbonyl (C=O) groups excluding carboxylic acids is 1. The van der Waals surface area contributed by atoms with Gasteiger partial charge in [-0.15, -0.1) is 0 Å². The van der Waals surface area contributed by atoms with Crippen LogP contribution < -0.4 is 9.47 Å². The monoisotopic (exact) mass is 284 g/mol. The zero-order valence-corrected chi connectivity index (χ0v) is 10.8. The van der Waals surface area contributed by atoms with Crippen LogP contribution in [0.2, 0.25) is 0 Å². The summed E-state index contributed by atoms with van der Waals surface area (Å²) < 4.78 is 11.5. The first kappa shape index (κ1) is 12.8. The summed E-state index contributed by atoms with van der Waals surface area (Å²) in [4.78, 5) is 10.2. The van der Waals surface area contributed by atoms with Crippen molar-refractivity contribution in [2.24, 2.45) is 0 Å². The fourth-order valence-corrected chi connectivity index (χ4v) is 1.84. The van der Waals surface area contributed by atoms with Crippen LogP contribution in [0.4, 0.5) is 0 Å². The average molecular weight is 285 g/mol. The van der Waals surface area contributed by atoms with Gasteiger partial charge in [-0.2, -0.15) is 0 Å². The second-order valence-electron chi connectivity index (χ2n) is 2.96. The second kappa shape index (κ2) is 6.33. The summed E-state index contributed by atoms with van der Waals surface area (Å²) in [5.41, 5.74) is 0.874. The number of methoxy groups -OCH3 is 1. The molecule has 16 heavy (non-hydrogen) atoms. The number of carbonyl (C=O) groups is 1. The molecule has 0 aliphatic rings. The standard InChI is InChI=1S/C12H13BrO3/c1-3-16-12-10(13)7-9(5-4-6-14)8-11(12)15-2/h4-8H,3H2,1-2H3. The number of rotatable bonds is 5. The molecule has 0 heterocycles. The minimum absolute atomic E-state index is 0.568. The predicted molar refractivity (Wildman–Crippen MR) is 67.0 cm³/mol. The van der Waals surface area contributed by atoms with E-state index in [2.05, 4.69) is 15.9 Å². The van der Waals surface area contributed by atoms with Gasteiger partial charge in [0.2, 0.25) is 0 Å². The van der Waals surface area contributed by atoms with Crippen LogP contribution in [0.5, 0.6) is 11.5 Å². The number of ether oxygens (including phenoxy) is 2. The Morgan fingerprint density at radius 2 is 2.19 bits per heavy atom. The molecule has 0 atom stereocenters. The molecule has 0 amide bonds. The van der Waals surface area contributed by atoms with Crippen molar-refractivity contribution in [3.05, 3.63) is 28.2 Å². The first-order valence-corrected chi connectivity index (χ1v) is 5.64. The second-order valence-corrected chi connectivity index (χ2v) is 3.82. The highest BCUT2D eigenvalue weighted by atomic mass is 79.9. The zero-order chi connectivity index (χ0) is 12.0. The van der Waals surface area contributed by atoms with Crippen LogP contribution in [0, 0.1) is 0 Å². The van der Waals surface area contributed by atoms with E-state index >= 15 is 0 Å². The zero-order valence-electron chi connectivity index (χ0n) is 9.20. The quantitative estimate of drug-likeness (QED) is 0.616. The fraction of sp³-hybridized carbons (Fsp3) is 0.250. The number of hydrogen-bond donors (Lipinski definition) is 0. The number of halogens is 1. The fourth-order valence-electron chi connectivity index (χ4n) is 1.27. The van der Waals surface area contributed by atoms with Crippen LogP contribution in [0.1, 0.15) is 12.5 Å². The molecule has 0 N–H and O–H groups in total. The SMILES string of the molecule is CCOc1c(Br)cc(C=CC=O)cc1OC. The summed E-state index contributed by atoms with van der Waals surface area (Å²) in [5.74, 6) is 1.31. The van der Waals surface area contributed by atoms with E-state index in [1.54, 1.807) is 13.2 Å². The van der Waals surface area contributed by atoms with Crippen molar-refractivity contribution < 1.29 is 14.3 Å². The summed E-state index contributed by atoms with van der Waals surface area (Å²) in [5, 5.41) is 0. The molecule has 86 valence electrons. The van der Waals surface area contributed by atoms with Gasteiger partial charge in [-0.05, 0) is 46.6 Å². The van der Waals surface area contributed by atoms with Crippen LogP contribution in [0.15, 0.2) is 22.7 Å². The van der Waals surface area contributed by atoms with Gasteiger partial charge in [0, 0.05) is 0 Å². The van der Waals surface area contributed by atoms with Crippen molar-refractivity contribution in [3.8, 4) is 11.5 Å². The van der Waals surface area contributed by atoms with Crippen molar-refractivity contribution in [1.29, 1.82) is 0 Å². The van der Waals surface area contributed by atoms with Crippen LogP contribution in [0.25, 0.3) is 6.08 Å². The lowest BCUT2D eigenvalue weighted by Crippen LogP contribution is -1.96. The van der Waals surface area contributed by atoms with Gasteiger partial charge in [-0.3, -0.25) is 4.79 Å². The van der Waals surface area contributed by atoms with Crippen LogP contribution in [-0.2, 0) is 4.79 Å². The maximum absolute atomic E-state index is 10.2. The summed E-state index contributed by atoms with van der Waals surface area (Å²) >= 11 is 3.40. The van der Waals surface area contributed by atoms with E-state index in [4.69, 9.17) is 9.47 Å². The van der Waals surface area contributed by atoms with E-state index in [0.29, 0.717) is 18.1 Å². The molecule has 0 unspecified atom stereocenters. The van der Waals surface area contributed by atoms with E-state index in [9.17, 15) is 4.79 Å². The van der Waals surface area contributed by atoms with Crippen molar-refractivity contribution >= 4 is 28.3 Å². The highest BCUT2D eigenvalue weighted by molar-refractivity contribution is 9.10. The summed E-state index contributed by atoms with van der Waals surface area (Å²) in [6, 6.07) is 3.68. The van der Waals surface area contributed by atoms with E-state index in [1.165, 1.54) is 6.08 Å². The Hall–Kier alpha value is -1.29. The van der Waals surface area contributed by atoms with E-state index in [0.717, 1.165) is 16.3 Å². The Bertz CT molecular complexity index is 399. The molecule has 0 fully saturated rings. The minimum atomic E-state index is 0.568. The molecular weight excluding hydrogens is 272 g/mol. The highest BCUT2D eigenvalue weighted by Gasteiger charge is 2.09. The predicted octanol–water partition coefficient (Wildman–Crippen LogP) is 3.07. The molecule has 1 aromatic rings. The molecule has 0 aromatic heterocycles. The molecule has 3 nitrogen and oxygen atoms in total. The highest BCUT2D eigenvalue weighted by Crippen LogP contribution is 2.36. The minimum Gasteiger partial charge on any atom is -0.493 e. The molecule has 0 saturated carbocycles. The molecule has 0 aliphatic carbocycles. The van der Waals surface area contributed by atoms with Gasteiger partial charge in [-0.25, -0.2) is 0 Å². The Balaban J connectivity index is 3.14. The molecule has 1 aromatic carbocycles. The first-order valence-electron chi connectivity index (χ1n) is 4.85. The maximum atomic E-state index is 10.2. The Morgan fingerprint density at radius 3 is 2.75 bits per heavy atom. The molecule has 0 radical (unpaired) electrons. The van der Waals surface area contributed by atoms with E-state index in [-0.39, 0.29) is 0 Å². The number of benzene rings is 1. The van der Waals surface area contributed by atoms with Gasteiger partial charge in [0.1, 0.15) is 6.29 Å². The van der Waals surface area contributed by atoms with Gasteiger partial charge in [-0.1, -0.05) is 6.08 Å². The lowest BCUT2D eigenvalue weighted by molar-refractivity contribution is -0.104. The van der Waals surface area contributed by atoms with Crippen molar-refractivity contribution in [2.45, 2.75) is 6.92 Å². The lowest BCUT2D eigenvalue weighted by atomic mass is 10.2. The molecule has 1 rings (SSSR count). The summed E-state index contributed by atoms with van der Waals surface area (Å²) in [7, 11) is 1.58. The average Bonchev–Trinajstić information content (AvgIpc) is 2.29. The molecular formula is C12H13BrO3. The Labute approximate surface area is 103 Å².